The van der Waals surface area contributed by atoms with Crippen LogP contribution in [0.15, 0.2) is 41.1 Å². The second kappa shape index (κ2) is 10.7. The van der Waals surface area contributed by atoms with Gasteiger partial charge in [-0.2, -0.15) is 0 Å². The molecule has 1 aromatic heterocycles. The van der Waals surface area contributed by atoms with Crippen LogP contribution in [-0.4, -0.2) is 68.3 Å². The Hall–Kier alpha value is -2.72. The van der Waals surface area contributed by atoms with Gasteiger partial charge in [-0.25, -0.2) is 19.2 Å². The molecule has 3 rings (SSSR count). The van der Waals surface area contributed by atoms with Gasteiger partial charge in [0.1, 0.15) is 27.5 Å². The van der Waals surface area contributed by atoms with Crippen molar-refractivity contribution in [1.82, 2.24) is 14.9 Å². The third-order valence-corrected chi connectivity index (χ3v) is 7.17. The third-order valence-electron chi connectivity index (χ3n) is 5.83. The maximum atomic E-state index is 13.6. The van der Waals surface area contributed by atoms with Gasteiger partial charge in [0.05, 0.1) is 11.6 Å². The second-order valence-electron chi connectivity index (χ2n) is 11.0. The van der Waals surface area contributed by atoms with Crippen LogP contribution in [0.5, 0.6) is 0 Å². The molecule has 2 atom stereocenters. The fourth-order valence-electron chi connectivity index (χ4n) is 3.59. The minimum atomic E-state index is -1.45. The molecule has 1 saturated heterocycles. The fraction of sp³-hybridized carbons (Fsp3) is 0.538. The Morgan fingerprint density at radius 1 is 1.00 bits per heavy atom. The average molecular weight is 518 g/mol. The number of piperazine rings is 1. The van der Waals surface area contributed by atoms with Gasteiger partial charge >= 0.3 is 6.09 Å². The number of rotatable bonds is 5. The highest BCUT2D eigenvalue weighted by Gasteiger charge is 2.33. The first kappa shape index (κ1) is 27.9. The van der Waals surface area contributed by atoms with Gasteiger partial charge in [0.25, 0.3) is 0 Å². The van der Waals surface area contributed by atoms with Crippen LogP contribution in [0.2, 0.25) is 0 Å². The van der Waals surface area contributed by atoms with E-state index in [2.05, 4.69) is 14.4 Å². The molecule has 0 N–H and O–H groups in total. The van der Waals surface area contributed by atoms with E-state index in [1.54, 1.807) is 35.6 Å². The van der Waals surface area contributed by atoms with Crippen molar-refractivity contribution < 1.29 is 18.5 Å². The first-order valence-corrected chi connectivity index (χ1v) is 13.1. The summed E-state index contributed by atoms with van der Waals surface area (Å²) in [5, 5.41) is 0. The smallest absolute Gasteiger partial charge is 0.410 e. The molecule has 2 unspecified atom stereocenters. The quantitative estimate of drug-likeness (QED) is 0.428. The summed E-state index contributed by atoms with van der Waals surface area (Å²) in [6.07, 6.45) is 4.76. The van der Waals surface area contributed by atoms with Crippen molar-refractivity contribution in [2.75, 3.05) is 31.1 Å². The maximum Gasteiger partial charge on any atom is 0.410 e. The van der Waals surface area contributed by atoms with Crippen LogP contribution in [-0.2, 0) is 21.5 Å². The Morgan fingerprint density at radius 3 is 2.06 bits per heavy atom. The van der Waals surface area contributed by atoms with E-state index in [4.69, 9.17) is 4.74 Å². The van der Waals surface area contributed by atoms with Crippen LogP contribution in [0.1, 0.15) is 59.6 Å². The molecule has 8 nitrogen and oxygen atoms in total. The highest BCUT2D eigenvalue weighted by atomic mass is 32.2. The second-order valence-corrected chi connectivity index (χ2v) is 13.0. The average Bonchev–Trinajstić information content (AvgIpc) is 2.81. The molecular formula is C26H36FN5O3S. The molecule has 1 aromatic carbocycles. The molecule has 1 fully saturated rings. The lowest BCUT2D eigenvalue weighted by Gasteiger charge is -2.35. The molecule has 2 aromatic rings. The number of carbonyl (C=O) groups is 1. The Balaban J connectivity index is 1.79. The molecule has 0 bridgehead atoms. The standard InChI is InChI=1S/C26H36FN5O3S/c1-24(2,3)35-23(33)32-14-12-31(13-15-32)22-28-16-20(17-29-22)26(7,18-30-36(34)25(4,5)6)19-8-10-21(27)11-9-19/h8-11,16-18H,12-15H2,1-7H3. The number of halogens is 1. The molecule has 36 heavy (non-hydrogen) atoms. The molecule has 0 spiro atoms. The number of ether oxygens (including phenoxy) is 1. The summed E-state index contributed by atoms with van der Waals surface area (Å²) >= 11 is -1.45. The molecule has 0 saturated carbocycles. The molecule has 196 valence electrons. The highest BCUT2D eigenvalue weighted by Crippen LogP contribution is 2.31. The summed E-state index contributed by atoms with van der Waals surface area (Å²) in [5.41, 5.74) is 0.163. The summed E-state index contributed by atoms with van der Waals surface area (Å²) < 4.78 is 35.5. The summed E-state index contributed by atoms with van der Waals surface area (Å²) in [4.78, 5) is 25.2. The summed E-state index contributed by atoms with van der Waals surface area (Å²) in [6, 6.07) is 6.15. The SMILES string of the molecule is CC(C)(C)OC(=O)N1CCN(c2ncc(C(C)(C=N[S+]([O-])C(C)(C)C)c3ccc(F)cc3)cn2)CC1. The van der Waals surface area contributed by atoms with Crippen LogP contribution >= 0.6 is 0 Å². The number of hydrogen-bond acceptors (Lipinski definition) is 7. The number of aromatic nitrogens is 2. The fourth-order valence-corrected chi connectivity index (χ4v) is 4.21. The zero-order valence-electron chi connectivity index (χ0n) is 22.1. The molecule has 2 heterocycles. The Labute approximate surface area is 216 Å². The van der Waals surface area contributed by atoms with Gasteiger partial charge in [0.2, 0.25) is 5.95 Å². The number of anilines is 1. The molecule has 1 amide bonds. The van der Waals surface area contributed by atoms with Crippen LogP contribution < -0.4 is 4.90 Å². The minimum absolute atomic E-state index is 0.319. The van der Waals surface area contributed by atoms with Crippen LogP contribution in [0.25, 0.3) is 0 Å². The normalized spacial score (nSPS) is 17.7. The van der Waals surface area contributed by atoms with Crippen molar-refractivity contribution in [2.24, 2.45) is 4.40 Å². The van der Waals surface area contributed by atoms with E-state index in [9.17, 15) is 13.7 Å². The van der Waals surface area contributed by atoms with Gasteiger partial charge in [0, 0.05) is 44.1 Å². The lowest BCUT2D eigenvalue weighted by Crippen LogP contribution is -2.50. The van der Waals surface area contributed by atoms with Crippen LogP contribution in [0.4, 0.5) is 15.1 Å². The minimum Gasteiger partial charge on any atom is -0.591 e. The van der Waals surface area contributed by atoms with Gasteiger partial charge in [0.15, 0.2) is 0 Å². The van der Waals surface area contributed by atoms with E-state index in [1.807, 2.05) is 53.4 Å². The monoisotopic (exact) mass is 517 g/mol. The lowest BCUT2D eigenvalue weighted by molar-refractivity contribution is 0.0240. The van der Waals surface area contributed by atoms with Gasteiger partial charge in [-0.1, -0.05) is 16.5 Å². The van der Waals surface area contributed by atoms with E-state index in [0.717, 1.165) is 11.1 Å². The van der Waals surface area contributed by atoms with Gasteiger partial charge < -0.3 is 19.1 Å². The number of nitrogens with zero attached hydrogens (tertiary/aromatic N) is 5. The number of hydrogen-bond donors (Lipinski definition) is 0. The van der Waals surface area contributed by atoms with Crippen LogP contribution in [0.3, 0.4) is 0 Å². The zero-order valence-corrected chi connectivity index (χ0v) is 22.9. The van der Waals surface area contributed by atoms with E-state index in [-0.39, 0.29) is 11.9 Å². The summed E-state index contributed by atoms with van der Waals surface area (Å²) in [7, 11) is 0. The molecule has 0 aliphatic carbocycles. The van der Waals surface area contributed by atoms with Crippen LogP contribution in [0, 0.1) is 5.82 Å². The molecular weight excluding hydrogens is 481 g/mol. The van der Waals surface area contributed by atoms with Gasteiger partial charge in [-0.05, 0) is 66.2 Å². The highest BCUT2D eigenvalue weighted by molar-refractivity contribution is 7.91. The number of carbonyl (C=O) groups excluding carboxylic acids is 1. The van der Waals surface area contributed by atoms with Crippen molar-refractivity contribution in [3.63, 3.8) is 0 Å². The summed E-state index contributed by atoms with van der Waals surface area (Å²) in [5.74, 6) is 0.215. The van der Waals surface area contributed by atoms with Crippen molar-refractivity contribution in [3.05, 3.63) is 53.6 Å². The molecule has 1 aliphatic rings. The van der Waals surface area contributed by atoms with E-state index < -0.39 is 27.1 Å². The Kier molecular flexibility index (Phi) is 8.30. The van der Waals surface area contributed by atoms with E-state index >= 15 is 0 Å². The maximum absolute atomic E-state index is 13.6. The Bertz CT molecular complexity index is 1060. The predicted octanol–water partition coefficient (Wildman–Crippen LogP) is 4.51. The first-order valence-electron chi connectivity index (χ1n) is 12.0. The summed E-state index contributed by atoms with van der Waals surface area (Å²) in [6.45, 7) is 15.2. The van der Waals surface area contributed by atoms with Crippen molar-refractivity contribution in [3.8, 4) is 0 Å². The van der Waals surface area contributed by atoms with E-state index in [1.165, 1.54) is 12.1 Å². The van der Waals surface area contributed by atoms with Crippen molar-refractivity contribution >= 4 is 29.6 Å². The molecule has 0 radical (unpaired) electrons. The van der Waals surface area contributed by atoms with Gasteiger partial charge in [-0.3, -0.25) is 0 Å². The number of amides is 1. The predicted molar refractivity (Wildman–Crippen MR) is 141 cm³/mol. The first-order chi connectivity index (χ1) is 16.7. The van der Waals surface area contributed by atoms with Crippen molar-refractivity contribution in [2.45, 2.75) is 64.2 Å². The largest absolute Gasteiger partial charge is 0.591 e. The molecule has 10 heteroatoms. The Morgan fingerprint density at radius 2 is 1.56 bits per heavy atom. The van der Waals surface area contributed by atoms with Gasteiger partial charge in [-0.15, -0.1) is 0 Å². The lowest BCUT2D eigenvalue weighted by atomic mass is 9.78. The third kappa shape index (κ3) is 6.94. The zero-order chi connectivity index (χ0) is 26.7. The van der Waals surface area contributed by atoms with Crippen molar-refractivity contribution in [1.29, 1.82) is 0 Å². The molecule has 1 aliphatic heterocycles. The topological polar surface area (TPSA) is 94.0 Å². The van der Waals surface area contributed by atoms with E-state index in [0.29, 0.717) is 32.1 Å². The number of benzene rings is 1.